The number of hydrogen-bond donors (Lipinski definition) is 2. The molecule has 2 aromatic carbocycles. The van der Waals surface area contributed by atoms with Gasteiger partial charge < -0.3 is 10.3 Å². The second-order valence-corrected chi connectivity index (χ2v) is 4.04. The molecule has 18 heavy (non-hydrogen) atoms. The van der Waals surface area contributed by atoms with Crippen molar-refractivity contribution >= 4 is 5.71 Å². The molecule has 92 valence electrons. The fourth-order valence-corrected chi connectivity index (χ4v) is 1.82. The van der Waals surface area contributed by atoms with Crippen LogP contribution in [-0.4, -0.2) is 16.0 Å². The molecular formula is C15H15NO2. The van der Waals surface area contributed by atoms with E-state index in [-0.39, 0.29) is 6.42 Å². The Morgan fingerprint density at radius 1 is 0.944 bits per heavy atom. The van der Waals surface area contributed by atoms with Crippen molar-refractivity contribution in [1.29, 1.82) is 0 Å². The molecule has 0 bridgehead atoms. The lowest BCUT2D eigenvalue weighted by atomic mass is 10.00. The molecule has 3 heteroatoms. The Morgan fingerprint density at radius 3 is 2.06 bits per heavy atom. The third-order valence-electron chi connectivity index (χ3n) is 2.80. The van der Waals surface area contributed by atoms with E-state index in [1.165, 1.54) is 0 Å². The highest BCUT2D eigenvalue weighted by molar-refractivity contribution is 6.00. The molecule has 1 atom stereocenters. The number of aliphatic hydroxyl groups excluding tert-OH is 1. The van der Waals surface area contributed by atoms with Gasteiger partial charge in [0.05, 0.1) is 11.8 Å². The van der Waals surface area contributed by atoms with Crippen molar-refractivity contribution < 1.29 is 10.3 Å². The minimum Gasteiger partial charge on any atom is -0.411 e. The summed E-state index contributed by atoms with van der Waals surface area (Å²) in [6.45, 7) is 0. The number of nitrogens with zero attached hydrogens (tertiary/aromatic N) is 1. The van der Waals surface area contributed by atoms with Gasteiger partial charge in [0.2, 0.25) is 0 Å². The number of hydrogen-bond acceptors (Lipinski definition) is 3. The predicted molar refractivity (Wildman–Crippen MR) is 70.8 cm³/mol. The van der Waals surface area contributed by atoms with Crippen LogP contribution in [0.3, 0.4) is 0 Å². The lowest BCUT2D eigenvalue weighted by Gasteiger charge is -2.12. The first-order chi connectivity index (χ1) is 8.81. The Kier molecular flexibility index (Phi) is 4.10. The minimum absolute atomic E-state index is 0.282. The van der Waals surface area contributed by atoms with Gasteiger partial charge in [-0.05, 0) is 11.1 Å². The van der Waals surface area contributed by atoms with E-state index in [2.05, 4.69) is 5.16 Å². The largest absolute Gasteiger partial charge is 0.411 e. The summed E-state index contributed by atoms with van der Waals surface area (Å²) in [5, 5.41) is 22.4. The van der Waals surface area contributed by atoms with Crippen LogP contribution in [0.1, 0.15) is 23.7 Å². The van der Waals surface area contributed by atoms with Gasteiger partial charge in [-0.2, -0.15) is 0 Å². The summed E-state index contributed by atoms with van der Waals surface area (Å²) in [5.74, 6) is 0. The molecule has 0 amide bonds. The van der Waals surface area contributed by atoms with Gasteiger partial charge in [0.25, 0.3) is 0 Å². The Morgan fingerprint density at radius 2 is 1.50 bits per heavy atom. The van der Waals surface area contributed by atoms with E-state index in [0.717, 1.165) is 11.1 Å². The summed E-state index contributed by atoms with van der Waals surface area (Å²) in [6, 6.07) is 18.7. The van der Waals surface area contributed by atoms with E-state index in [0.29, 0.717) is 5.71 Å². The van der Waals surface area contributed by atoms with E-state index < -0.39 is 6.10 Å². The molecule has 0 aliphatic carbocycles. The van der Waals surface area contributed by atoms with Crippen LogP contribution in [0.4, 0.5) is 0 Å². The zero-order valence-electron chi connectivity index (χ0n) is 9.90. The fourth-order valence-electron chi connectivity index (χ4n) is 1.82. The standard InChI is InChI=1S/C15H15NO2/c17-15(13-9-5-2-6-10-13)11-14(16-18)12-7-3-1-4-8-12/h1-10,15,17-18H,11H2/b16-14-. The smallest absolute Gasteiger partial charge is 0.0897 e. The second-order valence-electron chi connectivity index (χ2n) is 4.04. The third kappa shape index (κ3) is 2.96. The van der Waals surface area contributed by atoms with Gasteiger partial charge in [-0.3, -0.25) is 0 Å². The molecule has 2 N–H and O–H groups in total. The average molecular weight is 241 g/mol. The number of rotatable bonds is 4. The van der Waals surface area contributed by atoms with Gasteiger partial charge in [0.15, 0.2) is 0 Å². The van der Waals surface area contributed by atoms with Gasteiger partial charge in [0, 0.05) is 6.42 Å². The molecule has 1 unspecified atom stereocenters. The van der Waals surface area contributed by atoms with Gasteiger partial charge in [0.1, 0.15) is 0 Å². The van der Waals surface area contributed by atoms with E-state index in [1.807, 2.05) is 60.7 Å². The van der Waals surface area contributed by atoms with Crippen molar-refractivity contribution in [3.63, 3.8) is 0 Å². The zero-order chi connectivity index (χ0) is 12.8. The second kappa shape index (κ2) is 5.98. The number of oxime groups is 1. The van der Waals surface area contributed by atoms with Crippen LogP contribution in [0.15, 0.2) is 65.8 Å². The van der Waals surface area contributed by atoms with E-state index in [9.17, 15) is 5.11 Å². The maximum atomic E-state index is 10.1. The highest BCUT2D eigenvalue weighted by Gasteiger charge is 2.13. The van der Waals surface area contributed by atoms with Crippen molar-refractivity contribution in [1.82, 2.24) is 0 Å². The minimum atomic E-state index is -0.669. The van der Waals surface area contributed by atoms with Crippen molar-refractivity contribution in [2.45, 2.75) is 12.5 Å². The highest BCUT2D eigenvalue weighted by Crippen LogP contribution is 2.19. The number of benzene rings is 2. The Bertz CT molecular complexity index is 509. The predicted octanol–water partition coefficient (Wildman–Crippen LogP) is 2.99. The monoisotopic (exact) mass is 241 g/mol. The Hall–Kier alpha value is -2.13. The van der Waals surface area contributed by atoms with Gasteiger partial charge in [-0.15, -0.1) is 0 Å². The molecule has 2 aromatic rings. The molecule has 2 rings (SSSR count). The van der Waals surface area contributed by atoms with Crippen LogP contribution in [0.2, 0.25) is 0 Å². The third-order valence-corrected chi connectivity index (χ3v) is 2.80. The molecule has 0 heterocycles. The first kappa shape index (κ1) is 12.3. The van der Waals surface area contributed by atoms with Crippen molar-refractivity contribution in [3.8, 4) is 0 Å². The van der Waals surface area contributed by atoms with Crippen molar-refractivity contribution in [2.24, 2.45) is 5.16 Å². The summed E-state index contributed by atoms with van der Waals surface area (Å²) in [4.78, 5) is 0. The normalized spacial score (nSPS) is 13.3. The van der Waals surface area contributed by atoms with Gasteiger partial charge in [-0.25, -0.2) is 0 Å². The fraction of sp³-hybridized carbons (Fsp3) is 0.133. The maximum Gasteiger partial charge on any atom is 0.0897 e. The number of aliphatic hydroxyl groups is 1. The first-order valence-corrected chi connectivity index (χ1v) is 5.80. The van der Waals surface area contributed by atoms with E-state index >= 15 is 0 Å². The molecule has 0 radical (unpaired) electrons. The maximum absolute atomic E-state index is 10.1. The topological polar surface area (TPSA) is 52.8 Å². The average Bonchev–Trinajstić information content (AvgIpc) is 2.46. The quantitative estimate of drug-likeness (QED) is 0.491. The zero-order valence-corrected chi connectivity index (χ0v) is 9.90. The summed E-state index contributed by atoms with van der Waals surface area (Å²) in [5.41, 5.74) is 2.11. The van der Waals surface area contributed by atoms with Crippen molar-refractivity contribution in [2.75, 3.05) is 0 Å². The first-order valence-electron chi connectivity index (χ1n) is 5.80. The van der Waals surface area contributed by atoms with Gasteiger partial charge in [-0.1, -0.05) is 65.8 Å². The van der Waals surface area contributed by atoms with Crippen LogP contribution in [0, 0.1) is 0 Å². The van der Waals surface area contributed by atoms with Crippen LogP contribution >= 0.6 is 0 Å². The lowest BCUT2D eigenvalue weighted by molar-refractivity contribution is 0.184. The summed E-state index contributed by atoms with van der Waals surface area (Å²) in [6.07, 6.45) is -0.387. The Labute approximate surface area is 106 Å². The van der Waals surface area contributed by atoms with Gasteiger partial charge >= 0.3 is 0 Å². The Balaban J connectivity index is 2.13. The molecule has 0 aliphatic rings. The van der Waals surface area contributed by atoms with E-state index in [1.54, 1.807) is 0 Å². The summed E-state index contributed by atoms with van der Waals surface area (Å²) >= 11 is 0. The molecule has 3 nitrogen and oxygen atoms in total. The SMILES string of the molecule is O/N=C(/CC(O)c1ccccc1)c1ccccc1. The molecule has 0 fully saturated rings. The highest BCUT2D eigenvalue weighted by atomic mass is 16.4. The van der Waals surface area contributed by atoms with E-state index in [4.69, 9.17) is 5.21 Å². The molecule has 0 spiro atoms. The van der Waals surface area contributed by atoms with Crippen LogP contribution < -0.4 is 0 Å². The molecule has 0 aromatic heterocycles. The lowest BCUT2D eigenvalue weighted by Crippen LogP contribution is -2.08. The van der Waals surface area contributed by atoms with Crippen molar-refractivity contribution in [3.05, 3.63) is 71.8 Å². The van der Waals surface area contributed by atoms with Crippen LogP contribution in [-0.2, 0) is 0 Å². The summed E-state index contributed by atoms with van der Waals surface area (Å²) < 4.78 is 0. The molecule has 0 saturated heterocycles. The van der Waals surface area contributed by atoms with Crippen LogP contribution in [0.25, 0.3) is 0 Å². The van der Waals surface area contributed by atoms with Crippen LogP contribution in [0.5, 0.6) is 0 Å². The molecular weight excluding hydrogens is 226 g/mol. The summed E-state index contributed by atoms with van der Waals surface area (Å²) in [7, 11) is 0. The molecule has 0 aliphatic heterocycles. The molecule has 0 saturated carbocycles.